The third kappa shape index (κ3) is 3.38. The molecule has 102 valence electrons. The van der Waals surface area contributed by atoms with Gasteiger partial charge in [-0.1, -0.05) is 0 Å². The molecule has 18 heavy (non-hydrogen) atoms. The first-order valence-corrected chi connectivity index (χ1v) is 6.40. The van der Waals surface area contributed by atoms with Crippen molar-refractivity contribution in [1.82, 2.24) is 10.2 Å². The smallest absolute Gasteiger partial charge is 0.328 e. The zero-order chi connectivity index (χ0) is 13.7. The molecule has 0 aromatic heterocycles. The third-order valence-electron chi connectivity index (χ3n) is 2.87. The number of hydrogen-bond donors (Lipinski definition) is 2. The van der Waals surface area contributed by atoms with Crippen LogP contribution in [0.1, 0.15) is 19.8 Å². The Morgan fingerprint density at radius 3 is 2.67 bits per heavy atom. The van der Waals surface area contributed by atoms with Crippen LogP contribution in [0.25, 0.3) is 0 Å². The maximum atomic E-state index is 12.2. The van der Waals surface area contributed by atoms with Crippen molar-refractivity contribution in [3.05, 3.63) is 0 Å². The number of ether oxygens (including phenoxy) is 1. The fourth-order valence-electron chi connectivity index (χ4n) is 2.04. The quantitative estimate of drug-likeness (QED) is 0.539. The highest BCUT2D eigenvalue weighted by Gasteiger charge is 2.37. The number of likely N-dealkylation sites (tertiary alicyclic amines) is 1. The van der Waals surface area contributed by atoms with Crippen LogP contribution in [0.4, 0.5) is 0 Å². The number of amides is 2. The van der Waals surface area contributed by atoms with Gasteiger partial charge in [0.05, 0.1) is 7.11 Å². The summed E-state index contributed by atoms with van der Waals surface area (Å²) in [7, 11) is 1.30. The van der Waals surface area contributed by atoms with Gasteiger partial charge in [0.25, 0.3) is 0 Å². The van der Waals surface area contributed by atoms with Gasteiger partial charge in [-0.3, -0.25) is 9.59 Å². The van der Waals surface area contributed by atoms with Gasteiger partial charge in [0.2, 0.25) is 11.8 Å². The van der Waals surface area contributed by atoms with Gasteiger partial charge < -0.3 is 15.0 Å². The van der Waals surface area contributed by atoms with E-state index in [9.17, 15) is 14.4 Å². The Morgan fingerprint density at radius 2 is 2.17 bits per heavy atom. The Labute approximate surface area is 111 Å². The van der Waals surface area contributed by atoms with Gasteiger partial charge in [-0.2, -0.15) is 12.6 Å². The highest BCUT2D eigenvalue weighted by atomic mass is 32.1. The van der Waals surface area contributed by atoms with E-state index in [4.69, 9.17) is 0 Å². The lowest BCUT2D eigenvalue weighted by atomic mass is 10.2. The number of nitrogens with one attached hydrogen (secondary N) is 1. The van der Waals surface area contributed by atoms with E-state index in [0.717, 1.165) is 6.42 Å². The molecule has 1 N–H and O–H groups in total. The first kappa shape index (κ1) is 14.8. The van der Waals surface area contributed by atoms with Crippen molar-refractivity contribution in [1.29, 1.82) is 0 Å². The predicted octanol–water partition coefficient (Wildman–Crippen LogP) is -0.415. The fourth-order valence-corrected chi connectivity index (χ4v) is 2.29. The largest absolute Gasteiger partial charge is 0.467 e. The first-order valence-electron chi connectivity index (χ1n) is 5.77. The van der Waals surface area contributed by atoms with Crippen LogP contribution < -0.4 is 5.32 Å². The number of nitrogens with zero attached hydrogens (tertiary/aromatic N) is 1. The van der Waals surface area contributed by atoms with Crippen LogP contribution in [0.15, 0.2) is 0 Å². The number of rotatable bonds is 4. The Balaban J connectivity index is 2.74. The average Bonchev–Trinajstić information content (AvgIpc) is 2.82. The summed E-state index contributed by atoms with van der Waals surface area (Å²) in [6, 6.07) is -1.24. The molecule has 1 aliphatic heterocycles. The molecular formula is C11H18N2O4S. The van der Waals surface area contributed by atoms with Crippen LogP contribution in [-0.4, -0.2) is 54.2 Å². The zero-order valence-corrected chi connectivity index (χ0v) is 11.4. The number of esters is 1. The summed E-state index contributed by atoms with van der Waals surface area (Å²) in [6.07, 6.45) is 1.35. The number of thiol groups is 1. The molecule has 0 aromatic rings. The minimum absolute atomic E-state index is 0.197. The van der Waals surface area contributed by atoms with E-state index < -0.39 is 18.1 Å². The van der Waals surface area contributed by atoms with Gasteiger partial charge in [0, 0.05) is 19.2 Å². The molecule has 1 saturated heterocycles. The molecule has 0 spiro atoms. The van der Waals surface area contributed by atoms with E-state index in [2.05, 4.69) is 22.7 Å². The van der Waals surface area contributed by atoms with Gasteiger partial charge in [0.15, 0.2) is 0 Å². The Bertz CT molecular complexity index is 348. The molecule has 0 aromatic carbocycles. The summed E-state index contributed by atoms with van der Waals surface area (Å²) in [5.41, 5.74) is 0. The Morgan fingerprint density at radius 1 is 1.50 bits per heavy atom. The van der Waals surface area contributed by atoms with Crippen LogP contribution in [-0.2, 0) is 19.1 Å². The molecule has 0 bridgehead atoms. The lowest BCUT2D eigenvalue weighted by Crippen LogP contribution is -2.52. The summed E-state index contributed by atoms with van der Waals surface area (Å²) >= 11 is 4.05. The van der Waals surface area contributed by atoms with E-state index in [1.54, 1.807) is 0 Å². The van der Waals surface area contributed by atoms with Gasteiger partial charge in [0.1, 0.15) is 12.1 Å². The van der Waals surface area contributed by atoms with Gasteiger partial charge in [-0.05, 0) is 12.8 Å². The van der Waals surface area contributed by atoms with E-state index >= 15 is 0 Å². The molecule has 0 saturated carbocycles. The van der Waals surface area contributed by atoms with Gasteiger partial charge in [-0.25, -0.2) is 4.79 Å². The highest BCUT2D eigenvalue weighted by Crippen LogP contribution is 2.19. The molecule has 1 fully saturated rings. The van der Waals surface area contributed by atoms with E-state index in [0.29, 0.717) is 13.0 Å². The molecule has 0 radical (unpaired) electrons. The number of hydrogen-bond acceptors (Lipinski definition) is 5. The van der Waals surface area contributed by atoms with E-state index in [-0.39, 0.29) is 17.6 Å². The average molecular weight is 274 g/mol. The summed E-state index contributed by atoms with van der Waals surface area (Å²) in [6.45, 7) is 1.84. The van der Waals surface area contributed by atoms with E-state index in [1.165, 1.54) is 18.9 Å². The summed E-state index contributed by atoms with van der Waals surface area (Å²) < 4.78 is 4.67. The molecule has 0 unspecified atom stereocenters. The molecule has 1 rings (SSSR count). The van der Waals surface area contributed by atoms with Crippen molar-refractivity contribution in [3.63, 3.8) is 0 Å². The number of carbonyl (C=O) groups excluding carboxylic acids is 3. The van der Waals surface area contributed by atoms with Crippen molar-refractivity contribution in [2.45, 2.75) is 31.8 Å². The minimum atomic E-state index is -0.698. The maximum absolute atomic E-state index is 12.2. The SMILES string of the molecule is COC(=O)[C@@H]1CCCN1C(=O)[C@H](CS)NC(C)=O. The predicted molar refractivity (Wildman–Crippen MR) is 68.2 cm³/mol. The van der Waals surface area contributed by atoms with Crippen molar-refractivity contribution in [2.75, 3.05) is 19.4 Å². The lowest BCUT2D eigenvalue weighted by Gasteiger charge is -2.26. The number of carbonyl (C=O) groups is 3. The topological polar surface area (TPSA) is 75.7 Å². The fraction of sp³-hybridized carbons (Fsp3) is 0.727. The highest BCUT2D eigenvalue weighted by molar-refractivity contribution is 7.80. The molecular weight excluding hydrogens is 256 g/mol. The minimum Gasteiger partial charge on any atom is -0.467 e. The molecule has 2 amide bonds. The molecule has 0 aliphatic carbocycles. The van der Waals surface area contributed by atoms with Crippen LogP contribution in [0, 0.1) is 0 Å². The van der Waals surface area contributed by atoms with Crippen LogP contribution in [0.3, 0.4) is 0 Å². The molecule has 7 heteroatoms. The van der Waals surface area contributed by atoms with Crippen LogP contribution >= 0.6 is 12.6 Å². The van der Waals surface area contributed by atoms with Crippen LogP contribution in [0.2, 0.25) is 0 Å². The third-order valence-corrected chi connectivity index (χ3v) is 3.23. The standard InChI is InChI=1S/C11H18N2O4S/c1-7(14)12-8(6-18)10(15)13-5-3-4-9(13)11(16)17-2/h8-9,18H,3-6H2,1-2H3,(H,12,14)/t8-,9-/m0/s1. The normalized spacial score (nSPS) is 20.4. The molecule has 6 nitrogen and oxygen atoms in total. The van der Waals surface area contributed by atoms with Crippen molar-refractivity contribution in [2.24, 2.45) is 0 Å². The van der Waals surface area contributed by atoms with Crippen molar-refractivity contribution in [3.8, 4) is 0 Å². The Hall–Kier alpha value is -1.24. The molecule has 2 atom stereocenters. The second kappa shape index (κ2) is 6.63. The second-order valence-corrected chi connectivity index (χ2v) is 4.51. The van der Waals surface area contributed by atoms with E-state index in [1.807, 2.05) is 0 Å². The Kier molecular flexibility index (Phi) is 5.46. The van der Waals surface area contributed by atoms with Gasteiger partial charge >= 0.3 is 5.97 Å². The number of methoxy groups -OCH3 is 1. The maximum Gasteiger partial charge on any atom is 0.328 e. The van der Waals surface area contributed by atoms with Gasteiger partial charge in [-0.15, -0.1) is 0 Å². The first-order chi connectivity index (χ1) is 8.51. The van der Waals surface area contributed by atoms with Crippen LogP contribution in [0.5, 0.6) is 0 Å². The summed E-state index contributed by atoms with van der Waals surface area (Å²) in [4.78, 5) is 36.2. The van der Waals surface area contributed by atoms with Crippen molar-refractivity contribution < 1.29 is 19.1 Å². The molecule has 1 heterocycles. The second-order valence-electron chi connectivity index (χ2n) is 4.15. The summed E-state index contributed by atoms with van der Waals surface area (Å²) in [5.74, 6) is -0.797. The zero-order valence-electron chi connectivity index (χ0n) is 10.5. The lowest BCUT2D eigenvalue weighted by molar-refractivity contribution is -0.151. The summed E-state index contributed by atoms with van der Waals surface area (Å²) in [5, 5.41) is 2.53. The molecule has 1 aliphatic rings. The monoisotopic (exact) mass is 274 g/mol. The van der Waals surface area contributed by atoms with Crippen molar-refractivity contribution >= 4 is 30.4 Å².